The molecule has 6 rings (SSSR count). The molecule has 3 saturated carbocycles. The molecule has 4 unspecified atom stereocenters. The van der Waals surface area contributed by atoms with Gasteiger partial charge in [0, 0.05) is 25.4 Å². The fraction of sp³-hybridized carbons (Fsp3) is 0.875. The summed E-state index contributed by atoms with van der Waals surface area (Å²) in [6.45, 7) is 18.0. The first-order valence-electron chi connectivity index (χ1n) is 23.4. The third-order valence-electron chi connectivity index (χ3n) is 17.0. The molecule has 1 spiro atoms. The maximum Gasteiger partial charge on any atom is 0.453 e. The van der Waals surface area contributed by atoms with Crippen LogP contribution in [0.15, 0.2) is 18.2 Å². The van der Waals surface area contributed by atoms with Gasteiger partial charge in [0.15, 0.2) is 14.6 Å². The molecule has 0 bridgehead atoms. The molecule has 4 nitrogen and oxygen atoms in total. The van der Waals surface area contributed by atoms with Gasteiger partial charge in [0.05, 0.1) is 18.8 Å². The second kappa shape index (κ2) is 19.1. The van der Waals surface area contributed by atoms with E-state index in [4.69, 9.17) is 18.6 Å². The highest BCUT2D eigenvalue weighted by Gasteiger charge is 2.73. The van der Waals surface area contributed by atoms with E-state index in [1.807, 2.05) is 7.11 Å². The quantitative estimate of drug-likeness (QED) is 0.0699. The Kier molecular flexibility index (Phi) is 15.4. The first-order valence-corrected chi connectivity index (χ1v) is 27.5. The Labute approximate surface area is 359 Å². The van der Waals surface area contributed by atoms with E-state index in [1.54, 1.807) is 0 Å². The van der Waals surface area contributed by atoms with Gasteiger partial charge in [-0.05, 0) is 152 Å². The van der Waals surface area contributed by atoms with Gasteiger partial charge < -0.3 is 18.6 Å². The first kappa shape index (κ1) is 47.6. The minimum atomic E-state index is -5.45. The summed E-state index contributed by atoms with van der Waals surface area (Å²) in [5.74, 6) is 0.0996. The summed E-state index contributed by atoms with van der Waals surface area (Å²) in [4.78, 5) is 0. The number of halogens is 5. The fourth-order valence-corrected chi connectivity index (χ4v) is 15.8. The maximum atomic E-state index is 13.2. The fourth-order valence-electron chi connectivity index (χ4n) is 12.1. The van der Waals surface area contributed by atoms with Crippen molar-refractivity contribution in [2.24, 2.45) is 34.5 Å². The van der Waals surface area contributed by atoms with Crippen molar-refractivity contribution in [1.29, 1.82) is 0 Å². The van der Waals surface area contributed by atoms with E-state index in [-0.39, 0.29) is 29.3 Å². The molecule has 338 valence electrons. The number of hydrogen-bond donors (Lipinski definition) is 0. The van der Waals surface area contributed by atoms with E-state index in [1.165, 1.54) is 74.3 Å². The molecule has 4 fully saturated rings. The van der Waals surface area contributed by atoms with Crippen LogP contribution in [0, 0.1) is 34.5 Å². The summed E-state index contributed by atoms with van der Waals surface area (Å²) in [5, 5.41) is 0.181. The van der Waals surface area contributed by atoms with Crippen molar-refractivity contribution in [2.45, 2.75) is 205 Å². The van der Waals surface area contributed by atoms with Crippen LogP contribution in [0.4, 0.5) is 22.0 Å². The van der Waals surface area contributed by atoms with Gasteiger partial charge in [-0.1, -0.05) is 79.2 Å². The van der Waals surface area contributed by atoms with Crippen LogP contribution in [0.3, 0.4) is 0 Å². The molecule has 0 radical (unpaired) electrons. The summed E-state index contributed by atoms with van der Waals surface area (Å²) in [6, 6.07) is 6.86. The van der Waals surface area contributed by atoms with Gasteiger partial charge in [0.1, 0.15) is 5.75 Å². The standard InChI is InChI=1S/C48H77F5O4SSi/c1-33(2)44(3,4)59(7,8)57-40-32-39-42-36(23-25-45(39,5)46(40)26-27-46)35-22-21-34(56-41-20-15-16-28-55-41)31-38(35)43(54-6)37(42)19-14-12-10-9-11-13-17-29-58-30-18-24-47(49,50)48(51,52)53/h21-22,31,33,36-37,39-43H,9-20,23-30,32H2,1-8H3/t36?,37-,39?,40+,41?,42?,43-,45-/m0/s1. The molecule has 5 aliphatic rings. The number of alkyl halides is 5. The van der Waals surface area contributed by atoms with Gasteiger partial charge in [0.25, 0.3) is 0 Å². The van der Waals surface area contributed by atoms with Crippen LogP contribution in [-0.2, 0) is 13.9 Å². The molecule has 1 heterocycles. The summed E-state index contributed by atoms with van der Waals surface area (Å²) >= 11 is 1.49. The Hall–Kier alpha value is -0.883. The van der Waals surface area contributed by atoms with Crippen molar-refractivity contribution in [1.82, 2.24) is 0 Å². The zero-order chi connectivity index (χ0) is 42.9. The van der Waals surface area contributed by atoms with E-state index in [0.29, 0.717) is 46.9 Å². The Balaban J connectivity index is 1.11. The average molecular weight is 873 g/mol. The second-order valence-corrected chi connectivity index (χ2v) is 26.6. The molecule has 0 N–H and O–H groups in total. The number of unbranched alkanes of at least 4 members (excludes halogenated alkanes) is 6. The molecule has 8 atom stereocenters. The van der Waals surface area contributed by atoms with E-state index < -0.39 is 26.8 Å². The first-order chi connectivity index (χ1) is 27.8. The van der Waals surface area contributed by atoms with E-state index in [0.717, 1.165) is 69.5 Å². The molecule has 1 aromatic carbocycles. The molecule has 1 aromatic rings. The largest absolute Gasteiger partial charge is 0.465 e. The molecule has 4 aliphatic carbocycles. The van der Waals surface area contributed by atoms with E-state index >= 15 is 0 Å². The lowest BCUT2D eigenvalue weighted by molar-refractivity contribution is -0.284. The molecule has 1 saturated heterocycles. The van der Waals surface area contributed by atoms with Crippen LogP contribution < -0.4 is 4.74 Å². The predicted octanol–water partition coefficient (Wildman–Crippen LogP) is 15.1. The molecular weight excluding hydrogens is 796 g/mol. The van der Waals surface area contributed by atoms with Crippen LogP contribution in [0.25, 0.3) is 0 Å². The van der Waals surface area contributed by atoms with Crippen molar-refractivity contribution in [2.75, 3.05) is 25.2 Å². The van der Waals surface area contributed by atoms with Crippen LogP contribution in [0.5, 0.6) is 5.75 Å². The van der Waals surface area contributed by atoms with Crippen molar-refractivity contribution in [3.63, 3.8) is 0 Å². The minimum Gasteiger partial charge on any atom is -0.465 e. The van der Waals surface area contributed by atoms with E-state index in [2.05, 4.69) is 65.9 Å². The molecule has 11 heteroatoms. The number of benzene rings is 1. The number of rotatable bonds is 21. The predicted molar refractivity (Wildman–Crippen MR) is 233 cm³/mol. The highest BCUT2D eigenvalue weighted by molar-refractivity contribution is 7.99. The van der Waals surface area contributed by atoms with Gasteiger partial charge in [-0.2, -0.15) is 33.7 Å². The van der Waals surface area contributed by atoms with Crippen molar-refractivity contribution < 1.29 is 40.6 Å². The minimum absolute atomic E-state index is 0.0161. The monoisotopic (exact) mass is 873 g/mol. The molecular formula is C48H77F5O4SSi. The number of ether oxygens (including phenoxy) is 3. The zero-order valence-electron chi connectivity index (χ0n) is 37.6. The topological polar surface area (TPSA) is 36.9 Å². The lowest BCUT2D eigenvalue weighted by atomic mass is 9.50. The SMILES string of the molecule is CO[C@@H]1c2cc(OC3CCCCO3)ccc2C2CC[C@@]3(C)C(C[C@@H](O[Si](C)(C)C(C)(C)C(C)C)C34CC4)C2[C@@H]1CCCCCCCCCSCCCC(F)(F)C(F)(F)F. The van der Waals surface area contributed by atoms with E-state index in [9.17, 15) is 22.0 Å². The van der Waals surface area contributed by atoms with Crippen molar-refractivity contribution in [3.05, 3.63) is 29.3 Å². The average Bonchev–Trinajstić information content (AvgIpc) is 3.96. The van der Waals surface area contributed by atoms with Crippen LogP contribution in [-0.4, -0.2) is 58.0 Å². The number of methoxy groups -OCH3 is 1. The molecule has 59 heavy (non-hydrogen) atoms. The highest BCUT2D eigenvalue weighted by Crippen LogP contribution is 2.78. The smallest absolute Gasteiger partial charge is 0.453 e. The number of thioether (sulfide) groups is 1. The molecule has 0 aromatic heterocycles. The molecule has 1 aliphatic heterocycles. The Morgan fingerprint density at radius 1 is 0.881 bits per heavy atom. The van der Waals surface area contributed by atoms with Crippen molar-refractivity contribution >= 4 is 20.1 Å². The van der Waals surface area contributed by atoms with Gasteiger partial charge in [-0.15, -0.1) is 0 Å². The van der Waals surface area contributed by atoms with Crippen LogP contribution in [0.1, 0.15) is 173 Å². The third-order valence-corrected chi connectivity index (χ3v) is 22.7. The summed E-state index contributed by atoms with van der Waals surface area (Å²) in [5.41, 5.74) is 3.36. The maximum absolute atomic E-state index is 13.2. The lowest BCUT2D eigenvalue weighted by Gasteiger charge is -2.55. The summed E-state index contributed by atoms with van der Waals surface area (Å²) in [6.07, 6.45) is 11.9. The normalized spacial score (nSPS) is 30.6. The number of hydrogen-bond acceptors (Lipinski definition) is 5. The number of fused-ring (bicyclic) bond motifs is 6. The second-order valence-electron chi connectivity index (χ2n) is 20.8. The highest BCUT2D eigenvalue weighted by atomic mass is 32.2. The Morgan fingerprint density at radius 2 is 1.56 bits per heavy atom. The Morgan fingerprint density at radius 3 is 2.19 bits per heavy atom. The van der Waals surface area contributed by atoms with Gasteiger partial charge in [-0.25, -0.2) is 0 Å². The Bertz CT molecular complexity index is 1510. The van der Waals surface area contributed by atoms with Crippen molar-refractivity contribution in [3.8, 4) is 5.75 Å². The third kappa shape index (κ3) is 9.94. The van der Waals surface area contributed by atoms with Gasteiger partial charge >= 0.3 is 12.1 Å². The van der Waals surface area contributed by atoms with Gasteiger partial charge in [-0.3, -0.25) is 0 Å². The van der Waals surface area contributed by atoms with Gasteiger partial charge in [0.2, 0.25) is 0 Å². The zero-order valence-corrected chi connectivity index (χ0v) is 39.4. The summed E-state index contributed by atoms with van der Waals surface area (Å²) in [7, 11) is -0.121. The lowest BCUT2D eigenvalue weighted by Crippen LogP contribution is -2.50. The van der Waals surface area contributed by atoms with Crippen LogP contribution >= 0.6 is 11.8 Å². The summed E-state index contributed by atoms with van der Waals surface area (Å²) < 4.78 is 90.2. The molecule has 0 amide bonds. The van der Waals surface area contributed by atoms with Crippen LogP contribution in [0.2, 0.25) is 18.1 Å².